The Kier molecular flexibility index (Phi) is 5.69. The van der Waals surface area contributed by atoms with Crippen molar-refractivity contribution in [3.05, 3.63) is 63.4 Å². The molecule has 24 heavy (non-hydrogen) atoms. The van der Waals surface area contributed by atoms with Crippen molar-refractivity contribution in [3.63, 3.8) is 0 Å². The molecule has 0 saturated carbocycles. The van der Waals surface area contributed by atoms with E-state index in [1.54, 1.807) is 0 Å². The number of benzene rings is 2. The molecule has 0 bridgehead atoms. The van der Waals surface area contributed by atoms with Crippen LogP contribution in [0, 0.1) is 17.5 Å². The lowest BCUT2D eigenvalue weighted by Gasteiger charge is -2.09. The van der Waals surface area contributed by atoms with Crippen LogP contribution in [0.4, 0.5) is 18.9 Å². The Morgan fingerprint density at radius 2 is 1.71 bits per heavy atom. The Bertz CT molecular complexity index is 816. The Hall–Kier alpha value is -2.25. The summed E-state index contributed by atoms with van der Waals surface area (Å²) >= 11 is 11.6. The first kappa shape index (κ1) is 18.1. The van der Waals surface area contributed by atoms with Gasteiger partial charge in [0.25, 0.3) is 5.91 Å². The number of carbonyl (C=O) groups excluding carboxylic acids is 2. The largest absolute Gasteiger partial charge is 0.343 e. The van der Waals surface area contributed by atoms with Crippen molar-refractivity contribution >= 4 is 40.7 Å². The molecule has 0 atom stereocenters. The molecule has 0 fully saturated rings. The number of rotatable bonds is 4. The minimum Gasteiger partial charge on any atom is -0.343 e. The first-order valence-electron chi connectivity index (χ1n) is 6.46. The molecule has 0 aliphatic rings. The molecule has 2 aromatic rings. The van der Waals surface area contributed by atoms with Crippen molar-refractivity contribution in [1.82, 2.24) is 5.32 Å². The van der Waals surface area contributed by atoms with Gasteiger partial charge in [-0.15, -0.1) is 0 Å². The van der Waals surface area contributed by atoms with Crippen LogP contribution in [0.25, 0.3) is 0 Å². The maximum absolute atomic E-state index is 13.4. The first-order valence-corrected chi connectivity index (χ1v) is 7.22. The second-order valence-electron chi connectivity index (χ2n) is 4.56. The van der Waals surface area contributed by atoms with E-state index in [2.05, 4.69) is 5.32 Å². The van der Waals surface area contributed by atoms with E-state index in [-0.39, 0.29) is 15.6 Å². The van der Waals surface area contributed by atoms with Crippen LogP contribution in [0.3, 0.4) is 0 Å². The summed E-state index contributed by atoms with van der Waals surface area (Å²) in [7, 11) is 0. The Labute approximate surface area is 144 Å². The van der Waals surface area contributed by atoms with Crippen LogP contribution in [-0.2, 0) is 4.79 Å². The van der Waals surface area contributed by atoms with Crippen LogP contribution in [0.5, 0.6) is 0 Å². The van der Waals surface area contributed by atoms with E-state index in [4.69, 9.17) is 23.2 Å². The van der Waals surface area contributed by atoms with Gasteiger partial charge >= 0.3 is 0 Å². The summed E-state index contributed by atoms with van der Waals surface area (Å²) in [6.07, 6.45) is 0. The summed E-state index contributed by atoms with van der Waals surface area (Å²) in [6.45, 7) is -0.542. The predicted octanol–water partition coefficient (Wildman–Crippen LogP) is 3.78. The van der Waals surface area contributed by atoms with Crippen molar-refractivity contribution in [2.75, 3.05) is 11.9 Å². The zero-order valence-corrected chi connectivity index (χ0v) is 13.3. The van der Waals surface area contributed by atoms with Gasteiger partial charge in [0, 0.05) is 0 Å². The number of halogens is 5. The predicted molar refractivity (Wildman–Crippen MR) is 83.7 cm³/mol. The monoisotopic (exact) mass is 376 g/mol. The standard InChI is InChI=1S/C15H9Cl2F3N2O2/c16-8-3-1-2-7(12(8)17)15(24)21-6-11(23)22-10-5-4-9(18)13(19)14(10)20/h1-5H,6H2,(H,21,24)(H,22,23). The van der Waals surface area contributed by atoms with Gasteiger partial charge in [0.2, 0.25) is 5.91 Å². The summed E-state index contributed by atoms with van der Waals surface area (Å²) in [5.74, 6) is -6.14. The minimum absolute atomic E-state index is 0.0173. The minimum atomic E-state index is -1.71. The van der Waals surface area contributed by atoms with Crippen LogP contribution in [-0.4, -0.2) is 18.4 Å². The van der Waals surface area contributed by atoms with E-state index in [0.717, 1.165) is 6.07 Å². The Morgan fingerprint density at radius 3 is 2.42 bits per heavy atom. The van der Waals surface area contributed by atoms with Crippen LogP contribution < -0.4 is 10.6 Å². The Morgan fingerprint density at radius 1 is 1.00 bits per heavy atom. The van der Waals surface area contributed by atoms with Crippen molar-refractivity contribution in [3.8, 4) is 0 Å². The fraction of sp³-hybridized carbons (Fsp3) is 0.0667. The van der Waals surface area contributed by atoms with Crippen LogP contribution in [0.2, 0.25) is 10.0 Å². The fourth-order valence-electron chi connectivity index (χ4n) is 1.75. The van der Waals surface area contributed by atoms with Crippen LogP contribution in [0.1, 0.15) is 10.4 Å². The normalized spacial score (nSPS) is 10.4. The molecule has 126 valence electrons. The van der Waals surface area contributed by atoms with E-state index < -0.39 is 41.5 Å². The van der Waals surface area contributed by atoms with Gasteiger partial charge in [0.15, 0.2) is 17.5 Å². The second kappa shape index (κ2) is 7.55. The molecule has 0 spiro atoms. The lowest BCUT2D eigenvalue weighted by atomic mass is 10.2. The van der Waals surface area contributed by atoms with E-state index >= 15 is 0 Å². The number of hydrogen-bond acceptors (Lipinski definition) is 2. The lowest BCUT2D eigenvalue weighted by molar-refractivity contribution is -0.115. The fourth-order valence-corrected chi connectivity index (χ4v) is 2.14. The molecule has 0 aromatic heterocycles. The van der Waals surface area contributed by atoms with Gasteiger partial charge in [-0.25, -0.2) is 13.2 Å². The zero-order valence-electron chi connectivity index (χ0n) is 11.8. The highest BCUT2D eigenvalue weighted by Crippen LogP contribution is 2.25. The third kappa shape index (κ3) is 3.98. The van der Waals surface area contributed by atoms with Crippen molar-refractivity contribution < 1.29 is 22.8 Å². The molecule has 0 aliphatic carbocycles. The summed E-state index contributed by atoms with van der Waals surface area (Å²) in [5, 5.41) is 4.45. The van der Waals surface area contributed by atoms with Gasteiger partial charge in [0.05, 0.1) is 27.8 Å². The summed E-state index contributed by atoms with van der Waals surface area (Å²) < 4.78 is 39.3. The zero-order chi connectivity index (χ0) is 17.9. The first-order chi connectivity index (χ1) is 11.3. The van der Waals surface area contributed by atoms with Gasteiger partial charge in [-0.2, -0.15) is 0 Å². The molecular formula is C15H9Cl2F3N2O2. The highest BCUT2D eigenvalue weighted by Gasteiger charge is 2.17. The molecule has 0 radical (unpaired) electrons. The van der Waals surface area contributed by atoms with Crippen molar-refractivity contribution in [2.45, 2.75) is 0 Å². The summed E-state index contributed by atoms with van der Waals surface area (Å²) in [6, 6.07) is 5.91. The average molecular weight is 377 g/mol. The van der Waals surface area contributed by atoms with Crippen molar-refractivity contribution in [1.29, 1.82) is 0 Å². The van der Waals surface area contributed by atoms with Gasteiger partial charge in [-0.05, 0) is 24.3 Å². The molecular weight excluding hydrogens is 368 g/mol. The van der Waals surface area contributed by atoms with Gasteiger partial charge in [-0.1, -0.05) is 29.3 Å². The van der Waals surface area contributed by atoms with Crippen LogP contribution in [0.15, 0.2) is 30.3 Å². The van der Waals surface area contributed by atoms with Gasteiger partial charge < -0.3 is 10.6 Å². The molecule has 2 rings (SSSR count). The molecule has 9 heteroatoms. The molecule has 2 aromatic carbocycles. The molecule has 2 amide bonds. The second-order valence-corrected chi connectivity index (χ2v) is 5.34. The van der Waals surface area contributed by atoms with E-state index in [0.29, 0.717) is 6.07 Å². The highest BCUT2D eigenvalue weighted by molar-refractivity contribution is 6.43. The highest BCUT2D eigenvalue weighted by atomic mass is 35.5. The molecule has 2 N–H and O–H groups in total. The molecule has 4 nitrogen and oxygen atoms in total. The molecule has 0 unspecified atom stereocenters. The third-order valence-corrected chi connectivity index (χ3v) is 3.73. The van der Waals surface area contributed by atoms with Gasteiger partial charge in [-0.3, -0.25) is 9.59 Å². The van der Waals surface area contributed by atoms with Crippen molar-refractivity contribution in [2.24, 2.45) is 0 Å². The number of hydrogen-bond donors (Lipinski definition) is 2. The summed E-state index contributed by atoms with van der Waals surface area (Å²) in [4.78, 5) is 23.6. The number of amides is 2. The maximum Gasteiger partial charge on any atom is 0.253 e. The third-order valence-electron chi connectivity index (χ3n) is 2.91. The molecule has 0 saturated heterocycles. The number of nitrogens with one attached hydrogen (secondary N) is 2. The number of carbonyl (C=O) groups is 2. The quantitative estimate of drug-likeness (QED) is 0.797. The summed E-state index contributed by atoms with van der Waals surface area (Å²) in [5.41, 5.74) is -0.495. The van der Waals surface area contributed by atoms with E-state index in [9.17, 15) is 22.8 Å². The average Bonchev–Trinajstić information content (AvgIpc) is 2.55. The smallest absolute Gasteiger partial charge is 0.253 e. The Balaban J connectivity index is 2.00. The topological polar surface area (TPSA) is 58.2 Å². The molecule has 0 aliphatic heterocycles. The maximum atomic E-state index is 13.4. The lowest BCUT2D eigenvalue weighted by Crippen LogP contribution is -2.33. The molecule has 0 heterocycles. The SMILES string of the molecule is O=C(CNC(=O)c1cccc(Cl)c1Cl)Nc1ccc(F)c(F)c1F. The van der Waals surface area contributed by atoms with E-state index in [1.165, 1.54) is 18.2 Å². The van der Waals surface area contributed by atoms with Crippen LogP contribution >= 0.6 is 23.2 Å². The number of anilines is 1. The van der Waals surface area contributed by atoms with E-state index in [1.807, 2.05) is 5.32 Å². The van der Waals surface area contributed by atoms with Gasteiger partial charge in [0.1, 0.15) is 0 Å².